The van der Waals surface area contributed by atoms with Crippen LogP contribution < -0.4 is 0 Å². The van der Waals surface area contributed by atoms with Crippen molar-refractivity contribution in [3.05, 3.63) is 69.7 Å². The molecular formula is C22H25ClO4. The van der Waals surface area contributed by atoms with Gasteiger partial charge in [-0.2, -0.15) is 0 Å². The van der Waals surface area contributed by atoms with E-state index < -0.39 is 11.7 Å². The first-order valence-corrected chi connectivity index (χ1v) is 9.89. The molecule has 0 bridgehead atoms. The molecule has 2 aromatic rings. The lowest BCUT2D eigenvalue weighted by Gasteiger charge is -2.32. The van der Waals surface area contributed by atoms with Gasteiger partial charge in [0, 0.05) is 17.9 Å². The summed E-state index contributed by atoms with van der Waals surface area (Å²) < 4.78 is 5.92. The molecule has 3 N–H and O–H groups in total. The van der Waals surface area contributed by atoms with E-state index in [9.17, 15) is 15.3 Å². The molecule has 144 valence electrons. The highest BCUT2D eigenvalue weighted by atomic mass is 35.5. The van der Waals surface area contributed by atoms with Crippen LogP contribution in [0.5, 0.6) is 0 Å². The van der Waals surface area contributed by atoms with Crippen molar-refractivity contribution in [3.63, 3.8) is 0 Å². The fraction of sp³-hybridized carbons (Fsp3) is 0.455. The topological polar surface area (TPSA) is 69.9 Å². The Kier molecular flexibility index (Phi) is 5.28. The van der Waals surface area contributed by atoms with Gasteiger partial charge in [-0.25, -0.2) is 0 Å². The monoisotopic (exact) mass is 388 g/mol. The van der Waals surface area contributed by atoms with E-state index in [1.807, 2.05) is 42.5 Å². The van der Waals surface area contributed by atoms with Crippen molar-refractivity contribution in [2.45, 2.75) is 56.0 Å². The van der Waals surface area contributed by atoms with Crippen molar-refractivity contribution >= 4 is 11.6 Å². The van der Waals surface area contributed by atoms with Gasteiger partial charge < -0.3 is 20.1 Å². The Morgan fingerprint density at radius 3 is 2.48 bits per heavy atom. The molecule has 0 radical (unpaired) electrons. The molecule has 3 unspecified atom stereocenters. The quantitative estimate of drug-likeness (QED) is 0.733. The molecule has 2 fully saturated rings. The highest BCUT2D eigenvalue weighted by Gasteiger charge is 2.41. The van der Waals surface area contributed by atoms with E-state index >= 15 is 0 Å². The minimum absolute atomic E-state index is 0.0906. The van der Waals surface area contributed by atoms with Crippen LogP contribution in [0, 0.1) is 0 Å². The van der Waals surface area contributed by atoms with E-state index in [0.717, 1.165) is 35.1 Å². The third-order valence-electron chi connectivity index (χ3n) is 5.63. The summed E-state index contributed by atoms with van der Waals surface area (Å²) in [6.45, 7) is -0.0906. The van der Waals surface area contributed by atoms with E-state index in [1.54, 1.807) is 0 Å². The second-order valence-corrected chi connectivity index (χ2v) is 8.22. The second-order valence-electron chi connectivity index (χ2n) is 7.81. The van der Waals surface area contributed by atoms with Gasteiger partial charge >= 0.3 is 0 Å². The summed E-state index contributed by atoms with van der Waals surface area (Å²) in [5.74, 6) is 0. The van der Waals surface area contributed by atoms with Crippen LogP contribution in [0.2, 0.25) is 5.02 Å². The van der Waals surface area contributed by atoms with E-state index in [1.165, 1.54) is 0 Å². The molecule has 5 heteroatoms. The Morgan fingerprint density at radius 2 is 1.81 bits per heavy atom. The minimum atomic E-state index is -0.613. The summed E-state index contributed by atoms with van der Waals surface area (Å²) in [5, 5.41) is 30.3. The Hall–Kier alpha value is -1.43. The first kappa shape index (κ1) is 18.9. The molecule has 0 spiro atoms. The third kappa shape index (κ3) is 4.20. The lowest BCUT2D eigenvalue weighted by atomic mass is 9.93. The molecule has 0 amide bonds. The molecule has 1 aliphatic carbocycles. The highest BCUT2D eigenvalue weighted by Crippen LogP contribution is 2.45. The van der Waals surface area contributed by atoms with Crippen molar-refractivity contribution in [2.75, 3.05) is 6.61 Å². The maximum atomic E-state index is 10.2. The first-order chi connectivity index (χ1) is 13.0. The number of aliphatic hydroxyl groups is 3. The van der Waals surface area contributed by atoms with Crippen LogP contribution in [0.1, 0.15) is 54.0 Å². The molecule has 2 aromatic carbocycles. The van der Waals surface area contributed by atoms with Gasteiger partial charge in [-0.3, -0.25) is 0 Å². The van der Waals surface area contributed by atoms with E-state index in [0.29, 0.717) is 24.3 Å². The van der Waals surface area contributed by atoms with Crippen molar-refractivity contribution in [3.8, 4) is 0 Å². The van der Waals surface area contributed by atoms with Gasteiger partial charge in [0.25, 0.3) is 0 Å². The molecule has 3 atom stereocenters. The molecule has 1 aliphatic heterocycles. The van der Waals surface area contributed by atoms with Gasteiger partial charge in [0.2, 0.25) is 0 Å². The third-order valence-corrected chi connectivity index (χ3v) is 6.00. The van der Waals surface area contributed by atoms with Crippen LogP contribution in [0.25, 0.3) is 0 Å². The van der Waals surface area contributed by atoms with Crippen LogP contribution in [0.15, 0.2) is 42.5 Å². The fourth-order valence-corrected chi connectivity index (χ4v) is 4.00. The zero-order valence-corrected chi connectivity index (χ0v) is 15.9. The van der Waals surface area contributed by atoms with Gasteiger partial charge in [0.1, 0.15) is 0 Å². The molecule has 4 nitrogen and oxygen atoms in total. The Bertz CT molecular complexity index is 800. The number of benzene rings is 2. The number of aliphatic hydroxyl groups excluding tert-OH is 2. The smallest absolute Gasteiger partial charge is 0.0899 e. The normalized spacial score (nSPS) is 26.7. The van der Waals surface area contributed by atoms with Gasteiger partial charge in [-0.1, -0.05) is 48.0 Å². The zero-order chi connectivity index (χ0) is 19.0. The van der Waals surface area contributed by atoms with E-state index in [2.05, 4.69) is 0 Å². The Morgan fingerprint density at radius 1 is 1.07 bits per heavy atom. The molecule has 2 aliphatic rings. The van der Waals surface area contributed by atoms with Crippen molar-refractivity contribution in [1.82, 2.24) is 0 Å². The summed E-state index contributed by atoms with van der Waals surface area (Å²) in [7, 11) is 0. The predicted molar refractivity (Wildman–Crippen MR) is 104 cm³/mol. The van der Waals surface area contributed by atoms with Gasteiger partial charge in [0.15, 0.2) is 0 Å². The second kappa shape index (κ2) is 7.53. The van der Waals surface area contributed by atoms with Crippen molar-refractivity contribution in [1.29, 1.82) is 0 Å². The number of ether oxygens (including phenoxy) is 1. The Labute approximate surface area is 164 Å². The van der Waals surface area contributed by atoms with Crippen molar-refractivity contribution < 1.29 is 20.1 Å². The van der Waals surface area contributed by atoms with Crippen LogP contribution >= 0.6 is 11.6 Å². The van der Waals surface area contributed by atoms with E-state index in [-0.39, 0.29) is 18.8 Å². The van der Waals surface area contributed by atoms with Gasteiger partial charge in [-0.05, 0) is 47.6 Å². The Balaban J connectivity index is 1.52. The van der Waals surface area contributed by atoms with Gasteiger partial charge in [-0.15, -0.1) is 0 Å². The molecule has 27 heavy (non-hydrogen) atoms. The molecule has 4 rings (SSSR count). The number of rotatable bonds is 5. The average Bonchev–Trinajstić information content (AvgIpc) is 3.42. The lowest BCUT2D eigenvalue weighted by Crippen LogP contribution is -2.33. The average molecular weight is 389 g/mol. The molecular weight excluding hydrogens is 364 g/mol. The molecule has 1 heterocycles. The summed E-state index contributed by atoms with van der Waals surface area (Å²) in [6, 6.07) is 13.9. The van der Waals surface area contributed by atoms with Crippen LogP contribution in [-0.4, -0.2) is 34.1 Å². The standard InChI is InChI=1S/C22H25ClO4/c23-20-6-3-15(21-12-18(25)11-19(13-24)27-21)10-16(20)9-14-1-4-17(5-2-14)22(26)7-8-22/h1-6,10,18-19,21,24-26H,7-9,11-13H2. The fourth-order valence-electron chi connectivity index (χ4n) is 3.81. The summed E-state index contributed by atoms with van der Waals surface area (Å²) >= 11 is 6.41. The SMILES string of the molecule is OCC1CC(O)CC(c2ccc(Cl)c(Cc3ccc(C4(O)CC4)cc3)c2)O1. The largest absolute Gasteiger partial charge is 0.394 e. The summed E-state index contributed by atoms with van der Waals surface area (Å²) in [6.07, 6.45) is 2.29. The summed E-state index contributed by atoms with van der Waals surface area (Å²) in [5.41, 5.74) is 3.45. The van der Waals surface area contributed by atoms with Crippen LogP contribution in [0.3, 0.4) is 0 Å². The summed E-state index contributed by atoms with van der Waals surface area (Å²) in [4.78, 5) is 0. The van der Waals surface area contributed by atoms with Crippen LogP contribution in [-0.2, 0) is 16.8 Å². The lowest BCUT2D eigenvalue weighted by molar-refractivity contribution is -0.113. The molecule has 1 saturated carbocycles. The van der Waals surface area contributed by atoms with Crippen LogP contribution in [0.4, 0.5) is 0 Å². The van der Waals surface area contributed by atoms with E-state index in [4.69, 9.17) is 16.3 Å². The maximum absolute atomic E-state index is 10.2. The number of hydrogen-bond donors (Lipinski definition) is 3. The highest BCUT2D eigenvalue weighted by molar-refractivity contribution is 6.31. The van der Waals surface area contributed by atoms with Gasteiger partial charge in [0.05, 0.1) is 30.5 Å². The molecule has 1 saturated heterocycles. The van der Waals surface area contributed by atoms with Crippen molar-refractivity contribution in [2.24, 2.45) is 0 Å². The minimum Gasteiger partial charge on any atom is -0.394 e. The first-order valence-electron chi connectivity index (χ1n) is 9.51. The molecule has 0 aromatic heterocycles. The zero-order valence-electron chi connectivity index (χ0n) is 15.1. The number of hydrogen-bond acceptors (Lipinski definition) is 4. The number of halogens is 1. The maximum Gasteiger partial charge on any atom is 0.0899 e. The predicted octanol–water partition coefficient (Wildman–Crippen LogP) is 3.49.